The Labute approximate surface area is 204 Å². The lowest BCUT2D eigenvalue weighted by atomic mass is 9.99. The van der Waals surface area contributed by atoms with Gasteiger partial charge in [0.2, 0.25) is 17.7 Å². The van der Waals surface area contributed by atoms with E-state index in [4.69, 9.17) is 22.3 Å². The summed E-state index contributed by atoms with van der Waals surface area (Å²) in [5, 5.41) is 25.3. The Morgan fingerprint density at radius 2 is 1.43 bits per heavy atom. The van der Waals surface area contributed by atoms with Crippen molar-refractivity contribution >= 4 is 35.6 Å². The molecule has 35 heavy (non-hydrogen) atoms. The van der Waals surface area contributed by atoms with Crippen molar-refractivity contribution in [1.82, 2.24) is 16.0 Å². The molecule has 0 fully saturated rings. The van der Waals surface area contributed by atoms with Gasteiger partial charge in [-0.3, -0.25) is 24.2 Å². The minimum atomic E-state index is -1.66. The zero-order chi connectivity index (χ0) is 27.3. The van der Waals surface area contributed by atoms with Crippen LogP contribution in [0.15, 0.2) is 4.99 Å². The molecule has 0 radical (unpaired) electrons. The molecule has 0 rings (SSSR count). The van der Waals surface area contributed by atoms with Gasteiger partial charge in [0.05, 0.1) is 12.5 Å². The lowest BCUT2D eigenvalue weighted by Gasteiger charge is -2.27. The number of guanidine groups is 1. The van der Waals surface area contributed by atoms with Crippen LogP contribution >= 0.6 is 0 Å². The van der Waals surface area contributed by atoms with Crippen molar-refractivity contribution in [3.63, 3.8) is 0 Å². The summed E-state index contributed by atoms with van der Waals surface area (Å²) in [7, 11) is 0. The highest BCUT2D eigenvalue weighted by Gasteiger charge is 2.32. The van der Waals surface area contributed by atoms with Crippen LogP contribution in [0, 0.1) is 11.8 Å². The Morgan fingerprint density at radius 3 is 1.89 bits per heavy atom. The monoisotopic (exact) mass is 501 g/mol. The maximum atomic E-state index is 13.0. The Bertz CT molecular complexity index is 782. The van der Waals surface area contributed by atoms with Crippen molar-refractivity contribution in [1.29, 1.82) is 0 Å². The first-order valence-electron chi connectivity index (χ1n) is 11.3. The maximum absolute atomic E-state index is 13.0. The van der Waals surface area contributed by atoms with Crippen molar-refractivity contribution < 1.29 is 34.2 Å². The van der Waals surface area contributed by atoms with Crippen molar-refractivity contribution in [2.45, 2.75) is 77.5 Å². The number of carbonyl (C=O) groups excluding carboxylic acids is 3. The van der Waals surface area contributed by atoms with E-state index in [9.17, 15) is 29.1 Å². The van der Waals surface area contributed by atoms with Gasteiger partial charge in [0, 0.05) is 6.54 Å². The summed E-state index contributed by atoms with van der Waals surface area (Å²) in [5.74, 6) is -5.50. The predicted octanol–water partition coefficient (Wildman–Crippen LogP) is -1.92. The van der Waals surface area contributed by atoms with Crippen LogP contribution in [-0.4, -0.2) is 76.5 Å². The van der Waals surface area contributed by atoms with E-state index >= 15 is 0 Å². The summed E-state index contributed by atoms with van der Waals surface area (Å²) in [6.45, 7) is 7.27. The minimum Gasteiger partial charge on any atom is -0.481 e. The van der Waals surface area contributed by atoms with Crippen molar-refractivity contribution in [2.24, 2.45) is 34.0 Å². The zero-order valence-electron chi connectivity index (χ0n) is 20.6. The van der Waals surface area contributed by atoms with Gasteiger partial charge in [-0.05, 0) is 31.1 Å². The fraction of sp³-hybridized carbons (Fsp3) is 0.714. The first kappa shape index (κ1) is 31.6. The number of nitrogens with one attached hydrogen (secondary N) is 3. The molecule has 0 aliphatic carbocycles. The van der Waals surface area contributed by atoms with Gasteiger partial charge in [0.25, 0.3) is 0 Å². The van der Waals surface area contributed by atoms with Gasteiger partial charge in [0.1, 0.15) is 18.1 Å². The lowest BCUT2D eigenvalue weighted by Crippen LogP contribution is -2.58. The molecule has 0 spiro atoms. The van der Waals surface area contributed by atoms with Crippen LogP contribution in [-0.2, 0) is 24.0 Å². The highest BCUT2D eigenvalue weighted by atomic mass is 16.4. The van der Waals surface area contributed by atoms with E-state index in [1.807, 2.05) is 0 Å². The number of hydrogen-bond acceptors (Lipinski definition) is 7. The number of hydrogen-bond donors (Lipinski definition) is 8. The van der Waals surface area contributed by atoms with Gasteiger partial charge in [-0.2, -0.15) is 0 Å². The van der Waals surface area contributed by atoms with Crippen molar-refractivity contribution in [3.05, 3.63) is 0 Å². The molecule has 0 aromatic rings. The van der Waals surface area contributed by atoms with Gasteiger partial charge in [-0.1, -0.05) is 27.7 Å². The number of amides is 3. The van der Waals surface area contributed by atoms with Crippen molar-refractivity contribution in [3.8, 4) is 0 Å². The summed E-state index contributed by atoms with van der Waals surface area (Å²) in [5.41, 5.74) is 16.4. The molecule has 0 saturated carbocycles. The van der Waals surface area contributed by atoms with E-state index in [2.05, 4.69) is 20.9 Å². The summed E-state index contributed by atoms with van der Waals surface area (Å²) in [6, 6.07) is -4.75. The van der Waals surface area contributed by atoms with Gasteiger partial charge in [-0.25, -0.2) is 4.79 Å². The van der Waals surface area contributed by atoms with Crippen LogP contribution in [0.2, 0.25) is 0 Å². The summed E-state index contributed by atoms with van der Waals surface area (Å²) >= 11 is 0. The molecule has 0 bridgehead atoms. The van der Waals surface area contributed by atoms with Crippen LogP contribution in [0.4, 0.5) is 0 Å². The lowest BCUT2D eigenvalue weighted by molar-refractivity contribution is -0.147. The van der Waals surface area contributed by atoms with E-state index in [0.717, 1.165) is 0 Å². The number of aliphatic imine (C=N–C) groups is 1. The molecule has 0 heterocycles. The predicted molar refractivity (Wildman–Crippen MR) is 128 cm³/mol. The van der Waals surface area contributed by atoms with E-state index in [-0.39, 0.29) is 30.6 Å². The first-order valence-corrected chi connectivity index (χ1v) is 11.3. The second-order valence-corrected chi connectivity index (χ2v) is 8.97. The molecule has 0 aromatic carbocycles. The quantitative estimate of drug-likeness (QED) is 0.0661. The molecular weight excluding hydrogens is 462 g/mol. The van der Waals surface area contributed by atoms with Crippen LogP contribution in [0.5, 0.6) is 0 Å². The number of nitrogens with two attached hydrogens (primary N) is 3. The van der Waals surface area contributed by atoms with Crippen LogP contribution in [0.25, 0.3) is 0 Å². The Kier molecular flexibility index (Phi) is 14.0. The van der Waals surface area contributed by atoms with Crippen LogP contribution in [0.3, 0.4) is 0 Å². The van der Waals surface area contributed by atoms with Crippen LogP contribution in [0.1, 0.15) is 53.4 Å². The van der Waals surface area contributed by atoms with E-state index < -0.39 is 60.2 Å². The topological polar surface area (TPSA) is 252 Å². The summed E-state index contributed by atoms with van der Waals surface area (Å²) < 4.78 is 0. The fourth-order valence-corrected chi connectivity index (χ4v) is 3.06. The minimum absolute atomic E-state index is 0.0699. The van der Waals surface area contributed by atoms with Crippen LogP contribution < -0.4 is 33.2 Å². The van der Waals surface area contributed by atoms with Gasteiger partial charge >= 0.3 is 11.9 Å². The molecule has 4 atom stereocenters. The molecule has 0 aliphatic rings. The average Bonchev–Trinajstić information content (AvgIpc) is 2.72. The molecule has 0 aliphatic heterocycles. The second kappa shape index (κ2) is 15.5. The normalized spacial score (nSPS) is 14.4. The molecular formula is C21H39N7O7. The molecule has 0 saturated heterocycles. The number of carbonyl (C=O) groups is 5. The van der Waals surface area contributed by atoms with E-state index in [1.165, 1.54) is 0 Å². The Balaban J connectivity index is 5.33. The third kappa shape index (κ3) is 13.2. The average molecular weight is 502 g/mol. The SMILES string of the molecule is CC(C)CC(NC(=O)C(NC(=O)C(N)CCCN=C(N)N)C(C)C)C(=O)NC(CC(=O)O)C(=O)O. The van der Waals surface area contributed by atoms with Gasteiger partial charge in [-0.15, -0.1) is 0 Å². The number of rotatable bonds is 16. The number of aliphatic carboxylic acids is 2. The fourth-order valence-electron chi connectivity index (χ4n) is 3.06. The number of carboxylic acid groups (broad SMARTS) is 2. The molecule has 200 valence electrons. The van der Waals surface area contributed by atoms with Gasteiger partial charge in [0.15, 0.2) is 5.96 Å². The Morgan fingerprint density at radius 1 is 0.857 bits per heavy atom. The first-order chi connectivity index (χ1) is 16.1. The highest BCUT2D eigenvalue weighted by molar-refractivity contribution is 5.94. The molecule has 14 nitrogen and oxygen atoms in total. The molecule has 11 N–H and O–H groups in total. The largest absolute Gasteiger partial charge is 0.481 e. The maximum Gasteiger partial charge on any atom is 0.326 e. The highest BCUT2D eigenvalue weighted by Crippen LogP contribution is 2.09. The van der Waals surface area contributed by atoms with Crippen molar-refractivity contribution in [2.75, 3.05) is 6.54 Å². The third-order valence-corrected chi connectivity index (χ3v) is 4.88. The van der Waals surface area contributed by atoms with E-state index in [1.54, 1.807) is 27.7 Å². The second-order valence-electron chi connectivity index (χ2n) is 8.97. The summed E-state index contributed by atoms with van der Waals surface area (Å²) in [4.78, 5) is 64.2. The number of nitrogens with zero attached hydrogens (tertiary/aromatic N) is 1. The summed E-state index contributed by atoms with van der Waals surface area (Å²) in [6.07, 6.45) is 0.0472. The zero-order valence-corrected chi connectivity index (χ0v) is 20.6. The smallest absolute Gasteiger partial charge is 0.326 e. The van der Waals surface area contributed by atoms with Gasteiger partial charge < -0.3 is 43.4 Å². The number of carboxylic acids is 2. The molecule has 14 heteroatoms. The standard InChI is InChI=1S/C21H39N7O7/c1-10(2)8-13(18(32)27-14(20(34)35)9-15(29)30)26-19(33)16(11(3)4)28-17(31)12(22)6-5-7-25-21(23)24/h10-14,16H,5-9,22H2,1-4H3,(H,26,33)(H,27,32)(H,28,31)(H,29,30)(H,34,35)(H4,23,24,25). The molecule has 0 aromatic heterocycles. The third-order valence-electron chi connectivity index (χ3n) is 4.88. The Hall–Kier alpha value is -3.42. The molecule has 4 unspecified atom stereocenters. The molecule has 3 amide bonds. The van der Waals surface area contributed by atoms with E-state index in [0.29, 0.717) is 13.0 Å².